The van der Waals surface area contributed by atoms with Crippen molar-refractivity contribution < 1.29 is 9.90 Å². The predicted octanol–water partition coefficient (Wildman–Crippen LogP) is 4.73. The highest BCUT2D eigenvalue weighted by atomic mass is 35.5. The molecule has 1 N–H and O–H groups in total. The number of aliphatic carboxylic acids is 1. The van der Waals surface area contributed by atoms with Crippen LogP contribution in [0.15, 0.2) is 23.1 Å². The fourth-order valence-corrected chi connectivity index (χ4v) is 4.39. The molecule has 0 spiro atoms. The number of thioether (sulfide) groups is 1. The van der Waals surface area contributed by atoms with Crippen LogP contribution >= 0.6 is 35.0 Å². The van der Waals surface area contributed by atoms with Gasteiger partial charge in [0.2, 0.25) is 0 Å². The van der Waals surface area contributed by atoms with Gasteiger partial charge in [-0.15, -0.1) is 11.8 Å². The van der Waals surface area contributed by atoms with Crippen molar-refractivity contribution in [2.24, 2.45) is 5.92 Å². The van der Waals surface area contributed by atoms with E-state index in [9.17, 15) is 9.90 Å². The highest BCUT2D eigenvalue weighted by molar-refractivity contribution is 8.00. The molecule has 0 amide bonds. The number of rotatable bonds is 3. The molecular weight excluding hydrogens is 291 g/mol. The summed E-state index contributed by atoms with van der Waals surface area (Å²) in [4.78, 5) is 12.2. The Bertz CT molecular complexity index is 430. The second-order valence-corrected chi connectivity index (χ2v) is 6.68. The molecule has 0 bridgehead atoms. The van der Waals surface area contributed by atoms with Crippen molar-refractivity contribution in [3.8, 4) is 0 Å². The first kappa shape index (κ1) is 14.0. The van der Waals surface area contributed by atoms with Gasteiger partial charge in [0.15, 0.2) is 0 Å². The lowest BCUT2D eigenvalue weighted by atomic mass is 9.89. The van der Waals surface area contributed by atoms with Crippen molar-refractivity contribution in [1.29, 1.82) is 0 Å². The van der Waals surface area contributed by atoms with E-state index in [-0.39, 0.29) is 11.2 Å². The zero-order valence-corrected chi connectivity index (χ0v) is 12.1. The van der Waals surface area contributed by atoms with Crippen molar-refractivity contribution in [2.75, 3.05) is 0 Å². The minimum absolute atomic E-state index is 0.116. The molecule has 2 unspecified atom stereocenters. The van der Waals surface area contributed by atoms with Crippen LogP contribution in [0.2, 0.25) is 10.0 Å². The molecule has 1 aromatic carbocycles. The van der Waals surface area contributed by atoms with Gasteiger partial charge in [-0.25, -0.2) is 0 Å². The SMILES string of the molecule is O=C(O)C1CCCCC1Sc1cc(Cl)cc(Cl)c1. The summed E-state index contributed by atoms with van der Waals surface area (Å²) in [6, 6.07) is 5.36. The van der Waals surface area contributed by atoms with Crippen molar-refractivity contribution >= 4 is 40.9 Å². The third-order valence-corrected chi connectivity index (χ3v) is 4.95. The highest BCUT2D eigenvalue weighted by Crippen LogP contribution is 2.39. The number of carboxylic acids is 1. The number of halogens is 2. The van der Waals surface area contributed by atoms with Gasteiger partial charge < -0.3 is 5.11 Å². The molecule has 0 radical (unpaired) electrons. The summed E-state index contributed by atoms with van der Waals surface area (Å²) in [5.41, 5.74) is 0. The molecule has 1 fully saturated rings. The largest absolute Gasteiger partial charge is 0.481 e. The maximum atomic E-state index is 11.2. The van der Waals surface area contributed by atoms with Crippen LogP contribution in [0.1, 0.15) is 25.7 Å². The number of carboxylic acid groups (broad SMARTS) is 1. The molecule has 2 nitrogen and oxygen atoms in total. The van der Waals surface area contributed by atoms with Crippen LogP contribution in [-0.4, -0.2) is 16.3 Å². The number of carbonyl (C=O) groups is 1. The Morgan fingerprint density at radius 1 is 1.17 bits per heavy atom. The van der Waals surface area contributed by atoms with Crippen LogP contribution in [0.3, 0.4) is 0 Å². The Kier molecular flexibility index (Phi) is 4.82. The third-order valence-electron chi connectivity index (χ3n) is 3.14. The lowest BCUT2D eigenvalue weighted by Gasteiger charge is -2.28. The van der Waals surface area contributed by atoms with E-state index in [0.29, 0.717) is 10.0 Å². The fourth-order valence-electron chi connectivity index (χ4n) is 2.29. The predicted molar refractivity (Wildman–Crippen MR) is 75.7 cm³/mol. The van der Waals surface area contributed by atoms with Gasteiger partial charge in [0.05, 0.1) is 5.92 Å². The average molecular weight is 305 g/mol. The van der Waals surface area contributed by atoms with Crippen molar-refractivity contribution in [3.63, 3.8) is 0 Å². The van der Waals surface area contributed by atoms with Crippen molar-refractivity contribution in [3.05, 3.63) is 28.2 Å². The first-order chi connectivity index (χ1) is 8.56. The van der Waals surface area contributed by atoms with Gasteiger partial charge in [0.25, 0.3) is 0 Å². The zero-order valence-electron chi connectivity index (χ0n) is 9.73. The minimum atomic E-state index is -0.694. The maximum Gasteiger partial charge on any atom is 0.307 e. The van der Waals surface area contributed by atoms with Gasteiger partial charge in [0, 0.05) is 20.2 Å². The smallest absolute Gasteiger partial charge is 0.307 e. The van der Waals surface area contributed by atoms with Crippen LogP contribution < -0.4 is 0 Å². The standard InChI is InChI=1S/C13H14Cl2O2S/c14-8-5-9(15)7-10(6-8)18-12-4-2-1-3-11(12)13(16)17/h5-7,11-12H,1-4H2,(H,16,17). The quantitative estimate of drug-likeness (QED) is 0.877. The summed E-state index contributed by atoms with van der Waals surface area (Å²) in [6.45, 7) is 0. The van der Waals surface area contributed by atoms with Crippen molar-refractivity contribution in [2.45, 2.75) is 35.8 Å². The summed E-state index contributed by atoms with van der Waals surface area (Å²) in [5.74, 6) is -0.957. The second-order valence-electron chi connectivity index (χ2n) is 4.49. The molecule has 18 heavy (non-hydrogen) atoms. The molecule has 98 valence electrons. The van der Waals surface area contributed by atoms with Gasteiger partial charge in [0.1, 0.15) is 0 Å². The molecule has 0 saturated heterocycles. The van der Waals surface area contributed by atoms with Crippen LogP contribution in [0.5, 0.6) is 0 Å². The van der Waals surface area contributed by atoms with Gasteiger partial charge in [-0.3, -0.25) is 4.79 Å². The normalized spacial score (nSPS) is 23.9. The van der Waals surface area contributed by atoms with Crippen LogP contribution in [0, 0.1) is 5.92 Å². The van der Waals surface area contributed by atoms with Crippen molar-refractivity contribution in [1.82, 2.24) is 0 Å². The Hall–Kier alpha value is -0.380. The monoisotopic (exact) mass is 304 g/mol. The molecule has 2 atom stereocenters. The first-order valence-corrected chi connectivity index (χ1v) is 7.55. The molecular formula is C13H14Cl2O2S. The fraction of sp³-hybridized carbons (Fsp3) is 0.462. The summed E-state index contributed by atoms with van der Waals surface area (Å²) >= 11 is 13.5. The number of hydrogen-bond donors (Lipinski definition) is 1. The summed E-state index contributed by atoms with van der Waals surface area (Å²) < 4.78 is 0. The second kappa shape index (κ2) is 6.18. The van der Waals surface area contributed by atoms with Crippen LogP contribution in [0.4, 0.5) is 0 Å². The topological polar surface area (TPSA) is 37.3 Å². The third kappa shape index (κ3) is 3.56. The Morgan fingerprint density at radius 3 is 2.39 bits per heavy atom. The maximum absolute atomic E-state index is 11.2. The Balaban J connectivity index is 2.13. The lowest BCUT2D eigenvalue weighted by Crippen LogP contribution is -2.28. The molecule has 0 aromatic heterocycles. The minimum Gasteiger partial charge on any atom is -0.481 e. The van der Waals surface area contributed by atoms with Gasteiger partial charge in [-0.1, -0.05) is 36.0 Å². The molecule has 1 aromatic rings. The highest BCUT2D eigenvalue weighted by Gasteiger charge is 2.31. The first-order valence-electron chi connectivity index (χ1n) is 5.92. The van der Waals surface area contributed by atoms with Gasteiger partial charge in [-0.05, 0) is 31.0 Å². The molecule has 0 aliphatic heterocycles. The average Bonchev–Trinajstić information content (AvgIpc) is 2.27. The Morgan fingerprint density at radius 2 is 1.78 bits per heavy atom. The van der Waals surface area contributed by atoms with E-state index in [1.54, 1.807) is 17.8 Å². The Labute approximate surface area is 121 Å². The van der Waals surface area contributed by atoms with Crippen LogP contribution in [0.25, 0.3) is 0 Å². The van der Waals surface area contributed by atoms with E-state index < -0.39 is 5.97 Å². The van der Waals surface area contributed by atoms with E-state index >= 15 is 0 Å². The van der Waals surface area contributed by atoms with Gasteiger partial charge >= 0.3 is 5.97 Å². The van der Waals surface area contributed by atoms with E-state index in [2.05, 4.69) is 0 Å². The van der Waals surface area contributed by atoms with E-state index in [1.807, 2.05) is 12.1 Å². The van der Waals surface area contributed by atoms with Gasteiger partial charge in [-0.2, -0.15) is 0 Å². The zero-order chi connectivity index (χ0) is 13.1. The molecule has 1 saturated carbocycles. The summed E-state index contributed by atoms with van der Waals surface area (Å²) in [7, 11) is 0. The molecule has 0 heterocycles. The summed E-state index contributed by atoms with van der Waals surface area (Å²) in [5, 5.41) is 10.5. The van der Waals surface area contributed by atoms with E-state index in [0.717, 1.165) is 30.6 Å². The van der Waals surface area contributed by atoms with Crippen LogP contribution in [-0.2, 0) is 4.79 Å². The van der Waals surface area contributed by atoms with E-state index in [1.165, 1.54) is 0 Å². The molecule has 1 aliphatic carbocycles. The lowest BCUT2D eigenvalue weighted by molar-refractivity contribution is -0.142. The molecule has 2 rings (SSSR count). The molecule has 5 heteroatoms. The molecule has 1 aliphatic rings. The summed E-state index contributed by atoms with van der Waals surface area (Å²) in [6.07, 6.45) is 3.80. The van der Waals surface area contributed by atoms with E-state index in [4.69, 9.17) is 23.2 Å². The number of hydrogen-bond acceptors (Lipinski definition) is 2. The number of benzene rings is 1.